The Kier molecular flexibility index (Phi) is 3.69. The van der Waals surface area contributed by atoms with Crippen LogP contribution in [0.1, 0.15) is 40.5 Å². The van der Waals surface area contributed by atoms with E-state index < -0.39 is 5.60 Å². The number of amidine groups is 1. The summed E-state index contributed by atoms with van der Waals surface area (Å²) in [7, 11) is 0. The van der Waals surface area contributed by atoms with Gasteiger partial charge >= 0.3 is 6.09 Å². The predicted molar refractivity (Wildman–Crippen MR) is 67.1 cm³/mol. The number of nitrogens with zero attached hydrogens (tertiary/aromatic N) is 1. The second-order valence-electron chi connectivity index (χ2n) is 5.94. The van der Waals surface area contributed by atoms with Gasteiger partial charge in [0.25, 0.3) is 0 Å². The van der Waals surface area contributed by atoms with Crippen molar-refractivity contribution >= 4 is 11.9 Å². The SMILES string of the molecule is CC(C)(C)OC(=O)N1CCC(C)(C(=N)N)CC1. The number of amides is 1. The molecule has 1 aliphatic heterocycles. The molecule has 0 unspecified atom stereocenters. The van der Waals surface area contributed by atoms with Crippen LogP contribution in [0.2, 0.25) is 0 Å². The van der Waals surface area contributed by atoms with Gasteiger partial charge in [-0.1, -0.05) is 6.92 Å². The van der Waals surface area contributed by atoms with Crippen LogP contribution < -0.4 is 5.73 Å². The largest absolute Gasteiger partial charge is 0.444 e. The summed E-state index contributed by atoms with van der Waals surface area (Å²) in [6.45, 7) is 8.75. The molecule has 0 saturated carbocycles. The minimum atomic E-state index is -0.460. The molecule has 0 bridgehead atoms. The zero-order valence-corrected chi connectivity index (χ0v) is 11.2. The summed E-state index contributed by atoms with van der Waals surface area (Å²) in [5, 5.41) is 7.55. The average Bonchev–Trinajstić information content (AvgIpc) is 2.15. The van der Waals surface area contributed by atoms with Crippen molar-refractivity contribution in [1.82, 2.24) is 4.90 Å². The first-order valence-electron chi connectivity index (χ1n) is 5.96. The molecule has 1 amide bonds. The van der Waals surface area contributed by atoms with Crippen molar-refractivity contribution in [3.8, 4) is 0 Å². The van der Waals surface area contributed by atoms with Crippen molar-refractivity contribution in [2.45, 2.75) is 46.1 Å². The van der Waals surface area contributed by atoms with Gasteiger partial charge in [-0.05, 0) is 33.6 Å². The van der Waals surface area contributed by atoms with Gasteiger partial charge in [-0.3, -0.25) is 5.41 Å². The first-order chi connectivity index (χ1) is 7.64. The molecule has 0 atom stereocenters. The minimum Gasteiger partial charge on any atom is -0.444 e. The van der Waals surface area contributed by atoms with E-state index in [0.29, 0.717) is 13.1 Å². The molecule has 0 aliphatic carbocycles. The maximum Gasteiger partial charge on any atom is 0.410 e. The Morgan fingerprint density at radius 3 is 2.18 bits per heavy atom. The molecule has 98 valence electrons. The van der Waals surface area contributed by atoms with Crippen LogP contribution >= 0.6 is 0 Å². The molecular weight excluding hydrogens is 218 g/mol. The van der Waals surface area contributed by atoms with Gasteiger partial charge in [0.2, 0.25) is 0 Å². The third kappa shape index (κ3) is 3.61. The lowest BCUT2D eigenvalue weighted by molar-refractivity contribution is 0.0164. The first-order valence-corrected chi connectivity index (χ1v) is 5.96. The van der Waals surface area contributed by atoms with Crippen LogP contribution in [-0.4, -0.2) is 35.5 Å². The maximum atomic E-state index is 11.8. The summed E-state index contributed by atoms with van der Waals surface area (Å²) in [5.41, 5.74) is 4.85. The summed E-state index contributed by atoms with van der Waals surface area (Å²) >= 11 is 0. The van der Waals surface area contributed by atoms with Crippen LogP contribution in [0, 0.1) is 10.8 Å². The summed E-state index contributed by atoms with van der Waals surface area (Å²) in [6, 6.07) is 0. The second-order valence-corrected chi connectivity index (χ2v) is 5.94. The third-order valence-corrected chi connectivity index (χ3v) is 3.17. The van der Waals surface area contributed by atoms with Crippen LogP contribution in [0.3, 0.4) is 0 Å². The number of hydrogen-bond donors (Lipinski definition) is 2. The fraction of sp³-hybridized carbons (Fsp3) is 0.833. The number of carbonyl (C=O) groups is 1. The standard InChI is InChI=1S/C12H23N3O2/c1-11(2,3)17-10(16)15-7-5-12(4,6-8-15)9(13)14/h5-8H2,1-4H3,(H3,13,14). The number of piperidine rings is 1. The smallest absolute Gasteiger partial charge is 0.410 e. The number of carbonyl (C=O) groups excluding carboxylic acids is 1. The van der Waals surface area contributed by atoms with Gasteiger partial charge in [-0.2, -0.15) is 0 Å². The van der Waals surface area contributed by atoms with Crippen molar-refractivity contribution in [1.29, 1.82) is 5.41 Å². The van der Waals surface area contributed by atoms with E-state index in [-0.39, 0.29) is 17.3 Å². The Morgan fingerprint density at radius 2 is 1.82 bits per heavy atom. The molecule has 1 aliphatic rings. The number of likely N-dealkylation sites (tertiary alicyclic amines) is 1. The van der Waals surface area contributed by atoms with Gasteiger partial charge in [0, 0.05) is 18.5 Å². The molecule has 0 aromatic carbocycles. The Hall–Kier alpha value is -1.26. The monoisotopic (exact) mass is 241 g/mol. The second kappa shape index (κ2) is 4.55. The van der Waals surface area contributed by atoms with Crippen LogP contribution in [0.15, 0.2) is 0 Å². The molecule has 5 heteroatoms. The number of nitrogens with two attached hydrogens (primary N) is 1. The molecule has 17 heavy (non-hydrogen) atoms. The highest BCUT2D eigenvalue weighted by atomic mass is 16.6. The Morgan fingerprint density at radius 1 is 1.35 bits per heavy atom. The highest BCUT2D eigenvalue weighted by Crippen LogP contribution is 2.31. The quantitative estimate of drug-likeness (QED) is 0.544. The minimum absolute atomic E-state index is 0.210. The fourth-order valence-corrected chi connectivity index (χ4v) is 1.78. The topological polar surface area (TPSA) is 79.4 Å². The zero-order valence-electron chi connectivity index (χ0n) is 11.2. The molecule has 0 spiro atoms. The molecule has 1 fully saturated rings. The number of rotatable bonds is 1. The molecule has 0 aromatic heterocycles. The first kappa shape index (κ1) is 13.8. The van der Waals surface area contributed by atoms with Gasteiger partial charge in [-0.25, -0.2) is 4.79 Å². The normalized spacial score (nSPS) is 19.9. The molecule has 1 saturated heterocycles. The fourth-order valence-electron chi connectivity index (χ4n) is 1.78. The van der Waals surface area contributed by atoms with Crippen LogP contribution in [0.4, 0.5) is 4.79 Å². The van der Waals surface area contributed by atoms with E-state index in [1.54, 1.807) is 4.90 Å². The Bertz CT molecular complexity index is 312. The Balaban J connectivity index is 2.53. The lowest BCUT2D eigenvalue weighted by atomic mass is 9.79. The summed E-state index contributed by atoms with van der Waals surface area (Å²) < 4.78 is 5.31. The predicted octanol–water partition coefficient (Wildman–Crippen LogP) is 1.96. The third-order valence-electron chi connectivity index (χ3n) is 3.17. The molecular formula is C12H23N3O2. The van der Waals surface area contributed by atoms with Crippen molar-refractivity contribution in [2.24, 2.45) is 11.1 Å². The lowest BCUT2D eigenvalue weighted by Crippen LogP contribution is -2.48. The van der Waals surface area contributed by atoms with Gasteiger partial charge in [0.1, 0.15) is 5.60 Å². The van der Waals surface area contributed by atoms with Gasteiger partial charge in [0.05, 0.1) is 5.84 Å². The Labute approximate surface area is 103 Å². The van der Waals surface area contributed by atoms with Gasteiger partial charge in [0.15, 0.2) is 0 Å². The van der Waals surface area contributed by atoms with E-state index in [1.165, 1.54) is 0 Å². The molecule has 1 rings (SSSR count). The van der Waals surface area contributed by atoms with Crippen LogP contribution in [0.25, 0.3) is 0 Å². The van der Waals surface area contributed by atoms with Crippen LogP contribution in [0.5, 0.6) is 0 Å². The lowest BCUT2D eigenvalue weighted by Gasteiger charge is -2.38. The molecule has 3 N–H and O–H groups in total. The van der Waals surface area contributed by atoms with E-state index in [9.17, 15) is 4.79 Å². The van der Waals surface area contributed by atoms with Crippen molar-refractivity contribution in [2.75, 3.05) is 13.1 Å². The van der Waals surface area contributed by atoms with Crippen molar-refractivity contribution in [3.63, 3.8) is 0 Å². The molecule has 1 heterocycles. The summed E-state index contributed by atoms with van der Waals surface area (Å²) in [4.78, 5) is 13.5. The highest BCUT2D eigenvalue weighted by molar-refractivity contribution is 5.83. The number of ether oxygens (including phenoxy) is 1. The zero-order chi connectivity index (χ0) is 13.3. The van der Waals surface area contributed by atoms with E-state index in [4.69, 9.17) is 15.9 Å². The molecule has 0 aromatic rings. The maximum absolute atomic E-state index is 11.8. The van der Waals surface area contributed by atoms with E-state index in [1.807, 2.05) is 27.7 Å². The van der Waals surface area contributed by atoms with Crippen molar-refractivity contribution in [3.05, 3.63) is 0 Å². The van der Waals surface area contributed by atoms with Gasteiger partial charge in [-0.15, -0.1) is 0 Å². The summed E-state index contributed by atoms with van der Waals surface area (Å²) in [5.74, 6) is 0.210. The van der Waals surface area contributed by atoms with Gasteiger partial charge < -0.3 is 15.4 Å². The van der Waals surface area contributed by atoms with Crippen molar-refractivity contribution < 1.29 is 9.53 Å². The van der Waals surface area contributed by atoms with Crippen LogP contribution in [-0.2, 0) is 4.74 Å². The van der Waals surface area contributed by atoms with E-state index in [2.05, 4.69) is 0 Å². The van der Waals surface area contributed by atoms with E-state index in [0.717, 1.165) is 12.8 Å². The molecule has 5 nitrogen and oxygen atoms in total. The molecule has 0 radical (unpaired) electrons. The van der Waals surface area contributed by atoms with E-state index >= 15 is 0 Å². The number of nitrogens with one attached hydrogen (secondary N) is 1. The average molecular weight is 241 g/mol. The summed E-state index contributed by atoms with van der Waals surface area (Å²) in [6.07, 6.45) is 1.17. The highest BCUT2D eigenvalue weighted by Gasteiger charge is 2.35. The number of hydrogen-bond acceptors (Lipinski definition) is 3.